The number of nitrogens with zero attached hydrogens (tertiary/aromatic N) is 3. The van der Waals surface area contributed by atoms with E-state index in [0.29, 0.717) is 58.7 Å². The summed E-state index contributed by atoms with van der Waals surface area (Å²) < 4.78 is 12.3. The molecule has 34 heavy (non-hydrogen) atoms. The Hall–Kier alpha value is -2.93. The molecule has 0 N–H and O–H groups in total. The summed E-state index contributed by atoms with van der Waals surface area (Å²) in [5, 5.41) is 0. The van der Waals surface area contributed by atoms with E-state index in [4.69, 9.17) is 9.47 Å². The van der Waals surface area contributed by atoms with E-state index < -0.39 is 5.60 Å². The predicted octanol–water partition coefficient (Wildman–Crippen LogP) is 3.27. The number of aryl methyl sites for hydroxylation is 2. The smallest absolute Gasteiger partial charge is 0.256 e. The van der Waals surface area contributed by atoms with Crippen LogP contribution in [-0.2, 0) is 27.2 Å². The second-order valence-corrected chi connectivity index (χ2v) is 9.07. The molecule has 2 aliphatic heterocycles. The fourth-order valence-corrected chi connectivity index (χ4v) is 4.87. The van der Waals surface area contributed by atoms with Crippen LogP contribution in [0.25, 0.3) is 0 Å². The first-order chi connectivity index (χ1) is 16.6. The lowest BCUT2D eigenvalue weighted by Crippen LogP contribution is -2.62. The minimum Gasteiger partial charge on any atom is -0.491 e. The highest BCUT2D eigenvalue weighted by atomic mass is 16.5. The number of fused-ring (bicyclic) bond motifs is 1. The largest absolute Gasteiger partial charge is 0.491 e. The second-order valence-electron chi connectivity index (χ2n) is 9.07. The molecular formula is C27H35N3O4. The Kier molecular flexibility index (Phi) is 8.16. The summed E-state index contributed by atoms with van der Waals surface area (Å²) in [6, 6.07) is 12.0. The van der Waals surface area contributed by atoms with E-state index in [1.165, 1.54) is 5.56 Å². The van der Waals surface area contributed by atoms with Crippen LogP contribution in [0.15, 0.2) is 48.8 Å². The van der Waals surface area contributed by atoms with Crippen LogP contribution in [0, 0.1) is 0 Å². The van der Waals surface area contributed by atoms with Crippen molar-refractivity contribution in [3.63, 3.8) is 0 Å². The van der Waals surface area contributed by atoms with Gasteiger partial charge in [-0.05, 0) is 62.3 Å². The number of benzene rings is 1. The van der Waals surface area contributed by atoms with Gasteiger partial charge in [-0.25, -0.2) is 0 Å². The van der Waals surface area contributed by atoms with Gasteiger partial charge in [0.05, 0.1) is 19.7 Å². The van der Waals surface area contributed by atoms with Crippen LogP contribution >= 0.6 is 0 Å². The molecule has 1 aromatic heterocycles. The first kappa shape index (κ1) is 24.2. The van der Waals surface area contributed by atoms with E-state index in [2.05, 4.69) is 11.1 Å². The molecule has 0 bridgehead atoms. The molecule has 4 rings (SSSR count). The van der Waals surface area contributed by atoms with Gasteiger partial charge in [-0.3, -0.25) is 14.6 Å². The van der Waals surface area contributed by atoms with Crippen LogP contribution in [0.4, 0.5) is 0 Å². The van der Waals surface area contributed by atoms with Crippen LogP contribution in [0.1, 0.15) is 43.7 Å². The molecule has 7 heteroatoms. The molecule has 2 aliphatic rings. The SMILES string of the molecule is CCN1CCOc2ccccc2CCCCC2(CN(C(=O)CCc3cccnc3)CCO2)C1=O. The Labute approximate surface area is 202 Å². The summed E-state index contributed by atoms with van der Waals surface area (Å²) in [6.45, 7) is 4.68. The number of pyridine rings is 1. The number of amides is 2. The van der Waals surface area contributed by atoms with Crippen molar-refractivity contribution in [3.8, 4) is 5.75 Å². The monoisotopic (exact) mass is 465 g/mol. The van der Waals surface area contributed by atoms with Gasteiger partial charge in [0.2, 0.25) is 5.91 Å². The molecule has 1 aromatic carbocycles. The third kappa shape index (κ3) is 5.76. The van der Waals surface area contributed by atoms with Crippen molar-refractivity contribution in [2.45, 2.75) is 51.0 Å². The van der Waals surface area contributed by atoms with Crippen LogP contribution in [0.3, 0.4) is 0 Å². The Morgan fingerprint density at radius 2 is 2.00 bits per heavy atom. The van der Waals surface area contributed by atoms with E-state index >= 15 is 0 Å². The minimum absolute atomic E-state index is 0.0304. The number of hydrogen-bond acceptors (Lipinski definition) is 5. The fraction of sp³-hybridized carbons (Fsp3) is 0.519. The molecule has 2 aromatic rings. The molecule has 2 amide bonds. The molecule has 0 radical (unpaired) electrons. The molecule has 0 saturated carbocycles. The fourth-order valence-electron chi connectivity index (χ4n) is 4.87. The number of ether oxygens (including phenoxy) is 2. The number of hydrogen-bond donors (Lipinski definition) is 0. The molecule has 7 nitrogen and oxygen atoms in total. The predicted molar refractivity (Wildman–Crippen MR) is 130 cm³/mol. The lowest BCUT2D eigenvalue weighted by atomic mass is 9.90. The van der Waals surface area contributed by atoms with E-state index in [9.17, 15) is 9.59 Å². The van der Waals surface area contributed by atoms with Crippen LogP contribution in [0.5, 0.6) is 5.75 Å². The van der Waals surface area contributed by atoms with E-state index in [0.717, 1.165) is 30.6 Å². The van der Waals surface area contributed by atoms with Gasteiger partial charge in [-0.2, -0.15) is 0 Å². The normalized spacial score (nSPS) is 21.9. The summed E-state index contributed by atoms with van der Waals surface area (Å²) in [6.07, 6.45) is 7.85. The van der Waals surface area contributed by atoms with Gasteiger partial charge in [-0.1, -0.05) is 24.3 Å². The van der Waals surface area contributed by atoms with Crippen molar-refractivity contribution < 1.29 is 19.1 Å². The Balaban J connectivity index is 1.47. The van der Waals surface area contributed by atoms with Gasteiger partial charge in [0.15, 0.2) is 5.60 Å². The molecule has 1 atom stereocenters. The number of rotatable bonds is 4. The van der Waals surface area contributed by atoms with Gasteiger partial charge in [0.25, 0.3) is 5.91 Å². The van der Waals surface area contributed by atoms with Gasteiger partial charge in [0, 0.05) is 31.9 Å². The standard InChI is InChI=1S/C27H35N3O4/c1-2-29-16-18-33-24-11-4-3-9-23(24)10-5-6-14-27(26(29)32)21-30(17-19-34-27)25(31)13-12-22-8-7-15-28-20-22/h3-4,7-9,11,15,20H,2,5-6,10,12-14,16-19,21H2,1H3. The summed E-state index contributed by atoms with van der Waals surface area (Å²) in [4.78, 5) is 34.6. The van der Waals surface area contributed by atoms with Crippen molar-refractivity contribution >= 4 is 11.8 Å². The number of carbonyl (C=O) groups excluding carboxylic acids is 2. The van der Waals surface area contributed by atoms with Crippen molar-refractivity contribution in [2.24, 2.45) is 0 Å². The van der Waals surface area contributed by atoms with Crippen molar-refractivity contribution in [1.29, 1.82) is 0 Å². The first-order valence-corrected chi connectivity index (χ1v) is 12.4. The zero-order valence-corrected chi connectivity index (χ0v) is 20.1. The Bertz CT molecular complexity index is 967. The molecule has 182 valence electrons. The number of aromatic nitrogens is 1. The third-order valence-corrected chi connectivity index (χ3v) is 6.82. The van der Waals surface area contributed by atoms with Crippen molar-refractivity contribution in [3.05, 3.63) is 59.9 Å². The Morgan fingerprint density at radius 3 is 2.82 bits per heavy atom. The van der Waals surface area contributed by atoms with E-state index in [1.807, 2.05) is 47.1 Å². The number of para-hydroxylation sites is 1. The van der Waals surface area contributed by atoms with Crippen LogP contribution in [0.2, 0.25) is 0 Å². The van der Waals surface area contributed by atoms with Gasteiger partial charge in [0.1, 0.15) is 12.4 Å². The molecule has 3 heterocycles. The quantitative estimate of drug-likeness (QED) is 0.693. The van der Waals surface area contributed by atoms with Crippen LogP contribution in [-0.4, -0.2) is 71.6 Å². The number of morpholine rings is 1. The zero-order valence-electron chi connectivity index (χ0n) is 20.1. The molecule has 1 fully saturated rings. The van der Waals surface area contributed by atoms with Crippen LogP contribution < -0.4 is 4.74 Å². The van der Waals surface area contributed by atoms with Crippen molar-refractivity contribution in [2.75, 3.05) is 39.4 Å². The molecular weight excluding hydrogens is 430 g/mol. The highest BCUT2D eigenvalue weighted by Gasteiger charge is 2.46. The summed E-state index contributed by atoms with van der Waals surface area (Å²) >= 11 is 0. The summed E-state index contributed by atoms with van der Waals surface area (Å²) in [5.74, 6) is 0.934. The highest BCUT2D eigenvalue weighted by molar-refractivity contribution is 5.87. The molecule has 1 saturated heterocycles. The maximum atomic E-state index is 13.8. The number of likely N-dealkylation sites (N-methyl/N-ethyl adjacent to an activating group) is 1. The Morgan fingerprint density at radius 1 is 1.12 bits per heavy atom. The van der Waals surface area contributed by atoms with E-state index in [1.54, 1.807) is 12.4 Å². The van der Waals surface area contributed by atoms with Gasteiger partial charge in [-0.15, -0.1) is 0 Å². The van der Waals surface area contributed by atoms with Crippen molar-refractivity contribution in [1.82, 2.24) is 14.8 Å². The van der Waals surface area contributed by atoms with E-state index in [-0.39, 0.29) is 11.8 Å². The summed E-state index contributed by atoms with van der Waals surface area (Å²) in [5.41, 5.74) is 1.25. The third-order valence-electron chi connectivity index (χ3n) is 6.82. The molecule has 1 spiro atoms. The minimum atomic E-state index is -0.989. The topological polar surface area (TPSA) is 72.0 Å². The molecule has 0 aliphatic carbocycles. The lowest BCUT2D eigenvalue weighted by Gasteiger charge is -2.44. The second kappa shape index (κ2) is 11.5. The average Bonchev–Trinajstić information content (AvgIpc) is 2.88. The highest BCUT2D eigenvalue weighted by Crippen LogP contribution is 2.30. The number of carbonyl (C=O) groups is 2. The molecule has 1 unspecified atom stereocenters. The summed E-state index contributed by atoms with van der Waals surface area (Å²) in [7, 11) is 0. The van der Waals surface area contributed by atoms with Gasteiger partial charge < -0.3 is 19.3 Å². The first-order valence-electron chi connectivity index (χ1n) is 12.4. The lowest BCUT2D eigenvalue weighted by molar-refractivity contribution is -0.176. The maximum Gasteiger partial charge on any atom is 0.256 e. The van der Waals surface area contributed by atoms with Gasteiger partial charge >= 0.3 is 0 Å². The average molecular weight is 466 g/mol. The maximum absolute atomic E-state index is 13.8. The zero-order chi connectivity index (χ0) is 23.8.